The molecule has 0 bridgehead atoms. The molecule has 8 nitrogen and oxygen atoms in total. The average Bonchev–Trinajstić information content (AvgIpc) is 3.50. The summed E-state index contributed by atoms with van der Waals surface area (Å²) in [6.45, 7) is 1.23. The third-order valence-corrected chi connectivity index (χ3v) is 5.02. The highest BCUT2D eigenvalue weighted by atomic mass is 16.3. The third-order valence-electron chi connectivity index (χ3n) is 5.02. The standard InChI is InChI=1S/C21H16N6O2/c22-8-17-11-25-27-12-14(10-24-20(17)27)9-23-18-1-2-19-15(7-18)3-5-26(19)21(28)16-4-6-29-13-16/h1-2,4,6-7,10-13,23H,3,5,9H2. The van der Waals surface area contributed by atoms with Crippen LogP contribution < -0.4 is 10.2 Å². The summed E-state index contributed by atoms with van der Waals surface area (Å²) in [5.41, 5.74) is 5.55. The lowest BCUT2D eigenvalue weighted by atomic mass is 10.1. The van der Waals surface area contributed by atoms with Crippen LogP contribution in [0.15, 0.2) is 59.8 Å². The van der Waals surface area contributed by atoms with Crippen molar-refractivity contribution in [2.45, 2.75) is 13.0 Å². The number of benzene rings is 1. The van der Waals surface area contributed by atoms with Crippen LogP contribution in [0.4, 0.5) is 11.4 Å². The summed E-state index contributed by atoms with van der Waals surface area (Å²) in [5.74, 6) is -0.0476. The van der Waals surface area contributed by atoms with Crippen molar-refractivity contribution < 1.29 is 9.21 Å². The Kier molecular flexibility index (Phi) is 3.99. The number of nitriles is 1. The number of amides is 1. The van der Waals surface area contributed by atoms with Gasteiger partial charge in [0.15, 0.2) is 5.65 Å². The van der Waals surface area contributed by atoms with Crippen LogP contribution in [0.3, 0.4) is 0 Å². The van der Waals surface area contributed by atoms with Crippen LogP contribution in [0.25, 0.3) is 5.65 Å². The van der Waals surface area contributed by atoms with Crippen LogP contribution in [0.5, 0.6) is 0 Å². The Bertz CT molecular complexity index is 1250. The van der Waals surface area contributed by atoms with Crippen LogP contribution >= 0.6 is 0 Å². The molecule has 8 heteroatoms. The fraction of sp³-hybridized carbons (Fsp3) is 0.143. The van der Waals surface area contributed by atoms with Gasteiger partial charge in [0.1, 0.15) is 17.9 Å². The SMILES string of the molecule is N#Cc1cnn2cc(CNc3ccc4c(c3)CCN4C(=O)c3ccoc3)cnc12. The lowest BCUT2D eigenvalue weighted by Crippen LogP contribution is -2.28. The minimum atomic E-state index is -0.0476. The molecule has 0 aliphatic carbocycles. The van der Waals surface area contributed by atoms with Crippen LogP contribution in [0.1, 0.15) is 27.0 Å². The molecule has 1 N–H and O–H groups in total. The highest BCUT2D eigenvalue weighted by Gasteiger charge is 2.26. The van der Waals surface area contributed by atoms with Gasteiger partial charge in [-0.05, 0) is 36.2 Å². The lowest BCUT2D eigenvalue weighted by molar-refractivity contribution is 0.0989. The van der Waals surface area contributed by atoms with E-state index in [1.807, 2.05) is 18.3 Å². The summed E-state index contributed by atoms with van der Waals surface area (Å²) in [7, 11) is 0. The smallest absolute Gasteiger partial charge is 0.261 e. The average molecular weight is 384 g/mol. The molecule has 1 aliphatic heterocycles. The Hall–Kier alpha value is -4.12. The van der Waals surface area contributed by atoms with Gasteiger partial charge in [-0.1, -0.05) is 0 Å². The van der Waals surface area contributed by atoms with Crippen molar-refractivity contribution in [1.29, 1.82) is 5.26 Å². The molecule has 3 aromatic heterocycles. The van der Waals surface area contributed by atoms with Crippen molar-refractivity contribution in [3.05, 3.63) is 77.6 Å². The molecular formula is C21H16N6O2. The van der Waals surface area contributed by atoms with E-state index in [2.05, 4.69) is 27.5 Å². The monoisotopic (exact) mass is 384 g/mol. The van der Waals surface area contributed by atoms with E-state index in [-0.39, 0.29) is 5.91 Å². The molecule has 4 heterocycles. The predicted octanol–water partition coefficient (Wildman–Crippen LogP) is 3.01. The highest BCUT2D eigenvalue weighted by molar-refractivity contribution is 6.07. The van der Waals surface area contributed by atoms with Gasteiger partial charge < -0.3 is 14.6 Å². The minimum absolute atomic E-state index is 0.0476. The molecule has 0 spiro atoms. The van der Waals surface area contributed by atoms with Gasteiger partial charge in [-0.25, -0.2) is 9.50 Å². The first kappa shape index (κ1) is 17.0. The second kappa shape index (κ2) is 6.80. The highest BCUT2D eigenvalue weighted by Crippen LogP contribution is 2.31. The summed E-state index contributed by atoms with van der Waals surface area (Å²) in [6.07, 6.45) is 8.90. The van der Waals surface area contributed by atoms with E-state index in [0.717, 1.165) is 28.9 Å². The first-order chi connectivity index (χ1) is 14.2. The lowest BCUT2D eigenvalue weighted by Gasteiger charge is -2.17. The summed E-state index contributed by atoms with van der Waals surface area (Å²) < 4.78 is 6.63. The molecule has 0 unspecified atom stereocenters. The number of furan rings is 1. The van der Waals surface area contributed by atoms with Crippen LogP contribution in [-0.4, -0.2) is 27.0 Å². The first-order valence-electron chi connectivity index (χ1n) is 9.16. The zero-order chi connectivity index (χ0) is 19.8. The van der Waals surface area contributed by atoms with Crippen molar-refractivity contribution in [1.82, 2.24) is 14.6 Å². The van der Waals surface area contributed by atoms with Gasteiger partial charge in [0, 0.05) is 42.4 Å². The normalized spacial score (nSPS) is 12.7. The molecule has 1 aromatic carbocycles. The Morgan fingerprint density at radius 3 is 3.07 bits per heavy atom. The Labute approximate surface area is 166 Å². The maximum absolute atomic E-state index is 12.6. The van der Waals surface area contributed by atoms with E-state index in [4.69, 9.17) is 9.68 Å². The second-order valence-electron chi connectivity index (χ2n) is 6.82. The van der Waals surface area contributed by atoms with Crippen molar-refractivity contribution in [3.8, 4) is 6.07 Å². The summed E-state index contributed by atoms with van der Waals surface area (Å²) in [4.78, 5) is 18.7. The molecule has 0 fully saturated rings. The van der Waals surface area contributed by atoms with E-state index in [0.29, 0.717) is 29.9 Å². The Morgan fingerprint density at radius 2 is 2.24 bits per heavy atom. The second-order valence-corrected chi connectivity index (χ2v) is 6.82. The molecule has 4 aromatic rings. The number of hydrogen-bond acceptors (Lipinski definition) is 6. The zero-order valence-electron chi connectivity index (χ0n) is 15.4. The molecule has 0 radical (unpaired) electrons. The number of hydrogen-bond donors (Lipinski definition) is 1. The van der Waals surface area contributed by atoms with Crippen LogP contribution in [-0.2, 0) is 13.0 Å². The number of nitrogens with zero attached hydrogens (tertiary/aromatic N) is 5. The zero-order valence-corrected chi connectivity index (χ0v) is 15.4. The topological polar surface area (TPSA) is 99.5 Å². The van der Waals surface area contributed by atoms with E-state index in [9.17, 15) is 4.79 Å². The van der Waals surface area contributed by atoms with Crippen LogP contribution in [0, 0.1) is 11.3 Å². The van der Waals surface area contributed by atoms with Gasteiger partial charge in [-0.2, -0.15) is 10.4 Å². The predicted molar refractivity (Wildman–Crippen MR) is 106 cm³/mol. The molecule has 5 rings (SSSR count). The van der Waals surface area contributed by atoms with Gasteiger partial charge in [-0.15, -0.1) is 0 Å². The molecule has 0 saturated heterocycles. The van der Waals surface area contributed by atoms with Gasteiger partial charge in [0.25, 0.3) is 5.91 Å². The van der Waals surface area contributed by atoms with Crippen molar-refractivity contribution in [2.75, 3.05) is 16.8 Å². The Balaban J connectivity index is 1.31. The summed E-state index contributed by atoms with van der Waals surface area (Å²) >= 11 is 0. The van der Waals surface area contributed by atoms with Gasteiger partial charge in [0.2, 0.25) is 0 Å². The molecule has 142 valence electrons. The third kappa shape index (κ3) is 2.99. The fourth-order valence-corrected chi connectivity index (χ4v) is 3.55. The van der Waals surface area contributed by atoms with Crippen molar-refractivity contribution in [2.24, 2.45) is 0 Å². The van der Waals surface area contributed by atoms with E-state index in [1.54, 1.807) is 21.7 Å². The van der Waals surface area contributed by atoms with Crippen molar-refractivity contribution >= 4 is 22.9 Å². The minimum Gasteiger partial charge on any atom is -0.472 e. The Morgan fingerprint density at radius 1 is 1.31 bits per heavy atom. The molecule has 1 aliphatic rings. The van der Waals surface area contributed by atoms with Crippen molar-refractivity contribution in [3.63, 3.8) is 0 Å². The number of rotatable bonds is 4. The number of anilines is 2. The van der Waals surface area contributed by atoms with Gasteiger partial charge >= 0.3 is 0 Å². The number of carbonyl (C=O) groups excluding carboxylic acids is 1. The number of nitrogens with one attached hydrogen (secondary N) is 1. The summed E-state index contributed by atoms with van der Waals surface area (Å²) in [5, 5.41) is 16.6. The summed E-state index contributed by atoms with van der Waals surface area (Å²) in [6, 6.07) is 9.77. The van der Waals surface area contributed by atoms with E-state index in [1.165, 1.54) is 18.7 Å². The quantitative estimate of drug-likeness (QED) is 0.581. The van der Waals surface area contributed by atoms with Gasteiger partial charge in [-0.3, -0.25) is 4.79 Å². The number of fused-ring (bicyclic) bond motifs is 2. The number of carbonyl (C=O) groups is 1. The molecule has 0 saturated carbocycles. The molecule has 0 atom stereocenters. The fourth-order valence-electron chi connectivity index (χ4n) is 3.55. The number of aromatic nitrogens is 3. The van der Waals surface area contributed by atoms with Crippen LogP contribution in [0.2, 0.25) is 0 Å². The van der Waals surface area contributed by atoms with E-state index < -0.39 is 0 Å². The first-order valence-corrected chi connectivity index (χ1v) is 9.16. The van der Waals surface area contributed by atoms with Gasteiger partial charge in [0.05, 0.1) is 18.0 Å². The molecule has 1 amide bonds. The molecule has 29 heavy (non-hydrogen) atoms. The largest absolute Gasteiger partial charge is 0.472 e. The van der Waals surface area contributed by atoms with E-state index >= 15 is 0 Å². The maximum atomic E-state index is 12.6. The maximum Gasteiger partial charge on any atom is 0.261 e. The molecular weight excluding hydrogens is 368 g/mol.